The van der Waals surface area contributed by atoms with E-state index in [2.05, 4.69) is 45.2 Å². The quantitative estimate of drug-likeness (QED) is 0.512. The van der Waals surface area contributed by atoms with E-state index in [1.807, 2.05) is 24.3 Å². The van der Waals surface area contributed by atoms with E-state index in [0.29, 0.717) is 10.3 Å². The Morgan fingerprint density at radius 1 is 1.00 bits per heavy atom. The standard InChI is InChI=1S/C23H19BrN2O4/c24-21-10-9-15(13-25-21)26(12-11-22(27)28)23(29)30-14-20-18-7-3-1-5-16(18)17-6-2-4-8-19(17)20/h1-10,13,20H,11-12,14H2,(H,27,28). The predicted octanol–water partition coefficient (Wildman–Crippen LogP) is 5.07. The zero-order valence-corrected chi connectivity index (χ0v) is 17.6. The molecule has 1 aliphatic rings. The van der Waals surface area contributed by atoms with Gasteiger partial charge in [0, 0.05) is 12.5 Å². The van der Waals surface area contributed by atoms with Gasteiger partial charge in [0.05, 0.1) is 18.3 Å². The van der Waals surface area contributed by atoms with Crippen LogP contribution in [0.4, 0.5) is 10.5 Å². The van der Waals surface area contributed by atoms with Crippen LogP contribution in [0.3, 0.4) is 0 Å². The zero-order valence-electron chi connectivity index (χ0n) is 16.0. The third-order valence-corrected chi connectivity index (χ3v) is 5.60. The lowest BCUT2D eigenvalue weighted by atomic mass is 9.98. The SMILES string of the molecule is O=C(O)CCN(C(=O)OCC1c2ccccc2-c2ccccc21)c1ccc(Br)nc1. The van der Waals surface area contributed by atoms with Crippen molar-refractivity contribution in [2.75, 3.05) is 18.1 Å². The number of halogens is 1. The molecule has 1 N–H and O–H groups in total. The van der Waals surface area contributed by atoms with Crippen molar-refractivity contribution < 1.29 is 19.4 Å². The van der Waals surface area contributed by atoms with Crippen molar-refractivity contribution in [3.05, 3.63) is 82.6 Å². The van der Waals surface area contributed by atoms with Gasteiger partial charge in [-0.1, -0.05) is 48.5 Å². The Morgan fingerprint density at radius 2 is 1.63 bits per heavy atom. The molecule has 1 heterocycles. The molecule has 30 heavy (non-hydrogen) atoms. The van der Waals surface area contributed by atoms with Crippen molar-refractivity contribution in [1.29, 1.82) is 0 Å². The van der Waals surface area contributed by atoms with Gasteiger partial charge in [-0.05, 0) is 50.3 Å². The number of hydrogen-bond donors (Lipinski definition) is 1. The van der Waals surface area contributed by atoms with Gasteiger partial charge in [-0.3, -0.25) is 9.69 Å². The van der Waals surface area contributed by atoms with Crippen LogP contribution in [0.25, 0.3) is 11.1 Å². The summed E-state index contributed by atoms with van der Waals surface area (Å²) in [7, 11) is 0. The average molecular weight is 467 g/mol. The molecule has 1 aliphatic carbocycles. The second kappa shape index (κ2) is 8.67. The predicted molar refractivity (Wildman–Crippen MR) is 117 cm³/mol. The number of rotatable bonds is 6. The lowest BCUT2D eigenvalue weighted by Gasteiger charge is -2.23. The first-order valence-electron chi connectivity index (χ1n) is 9.50. The minimum absolute atomic E-state index is 0.00464. The van der Waals surface area contributed by atoms with Gasteiger partial charge < -0.3 is 9.84 Å². The molecule has 0 aliphatic heterocycles. The molecule has 1 aromatic heterocycles. The number of aliphatic carboxylic acids is 1. The Hall–Kier alpha value is -3.19. The fourth-order valence-electron chi connectivity index (χ4n) is 3.73. The fourth-order valence-corrected chi connectivity index (χ4v) is 3.97. The van der Waals surface area contributed by atoms with Crippen molar-refractivity contribution in [3.8, 4) is 11.1 Å². The van der Waals surface area contributed by atoms with Crippen molar-refractivity contribution >= 4 is 33.7 Å². The summed E-state index contributed by atoms with van der Waals surface area (Å²) in [5, 5.41) is 9.05. The van der Waals surface area contributed by atoms with Crippen LogP contribution in [0, 0.1) is 0 Å². The smallest absolute Gasteiger partial charge is 0.414 e. The number of carboxylic acid groups (broad SMARTS) is 1. The van der Waals surface area contributed by atoms with E-state index in [4.69, 9.17) is 9.84 Å². The second-order valence-electron chi connectivity index (χ2n) is 6.94. The summed E-state index contributed by atoms with van der Waals surface area (Å²) in [5.74, 6) is -1.05. The minimum Gasteiger partial charge on any atom is -0.481 e. The maximum absolute atomic E-state index is 12.9. The summed E-state index contributed by atoms with van der Waals surface area (Å²) in [6, 6.07) is 19.6. The van der Waals surface area contributed by atoms with E-state index in [1.165, 1.54) is 11.1 Å². The van der Waals surface area contributed by atoms with Crippen molar-refractivity contribution in [3.63, 3.8) is 0 Å². The number of carboxylic acids is 1. The molecular formula is C23H19BrN2O4. The number of fused-ring (bicyclic) bond motifs is 3. The number of pyridine rings is 1. The van der Waals surface area contributed by atoms with Gasteiger partial charge in [0.2, 0.25) is 0 Å². The van der Waals surface area contributed by atoms with Crippen molar-refractivity contribution in [2.45, 2.75) is 12.3 Å². The number of carbonyl (C=O) groups is 2. The molecule has 0 unspecified atom stereocenters. The molecule has 6 nitrogen and oxygen atoms in total. The molecule has 4 rings (SSSR count). The summed E-state index contributed by atoms with van der Waals surface area (Å²) < 4.78 is 6.30. The number of anilines is 1. The van der Waals surface area contributed by atoms with Gasteiger partial charge in [-0.25, -0.2) is 9.78 Å². The van der Waals surface area contributed by atoms with Crippen LogP contribution in [0.1, 0.15) is 23.5 Å². The molecule has 7 heteroatoms. The monoisotopic (exact) mass is 466 g/mol. The van der Waals surface area contributed by atoms with Gasteiger partial charge >= 0.3 is 12.1 Å². The van der Waals surface area contributed by atoms with Gasteiger partial charge in [0.25, 0.3) is 0 Å². The van der Waals surface area contributed by atoms with Crippen LogP contribution < -0.4 is 4.90 Å². The highest BCUT2D eigenvalue weighted by Gasteiger charge is 2.30. The summed E-state index contributed by atoms with van der Waals surface area (Å²) in [5.41, 5.74) is 5.02. The van der Waals surface area contributed by atoms with E-state index >= 15 is 0 Å². The number of hydrogen-bond acceptors (Lipinski definition) is 4. The van der Waals surface area contributed by atoms with Crippen LogP contribution in [0.15, 0.2) is 71.5 Å². The molecular weight excluding hydrogens is 448 g/mol. The number of carbonyl (C=O) groups excluding carboxylic acids is 1. The summed E-state index contributed by atoms with van der Waals surface area (Å²) in [6.07, 6.45) is 0.718. The number of aromatic nitrogens is 1. The van der Waals surface area contributed by atoms with Crippen molar-refractivity contribution in [2.24, 2.45) is 0 Å². The number of amides is 1. The topological polar surface area (TPSA) is 79.7 Å². The summed E-state index contributed by atoms with van der Waals surface area (Å²) in [6.45, 7) is 0.162. The Morgan fingerprint density at radius 3 is 2.20 bits per heavy atom. The highest BCUT2D eigenvalue weighted by atomic mass is 79.9. The van der Waals surface area contributed by atoms with Crippen LogP contribution in [-0.2, 0) is 9.53 Å². The van der Waals surface area contributed by atoms with E-state index in [-0.39, 0.29) is 25.5 Å². The Bertz CT molecular complexity index is 1040. The number of ether oxygens (including phenoxy) is 1. The first-order valence-corrected chi connectivity index (χ1v) is 10.3. The van der Waals surface area contributed by atoms with Crippen molar-refractivity contribution in [1.82, 2.24) is 4.98 Å². The van der Waals surface area contributed by atoms with Crippen LogP contribution in [0.5, 0.6) is 0 Å². The van der Waals surface area contributed by atoms with Gasteiger partial charge in [0.15, 0.2) is 0 Å². The summed E-state index contributed by atoms with van der Waals surface area (Å²) >= 11 is 3.26. The number of nitrogens with zero attached hydrogens (tertiary/aromatic N) is 2. The Balaban J connectivity index is 1.54. The molecule has 0 saturated heterocycles. The number of benzene rings is 2. The third kappa shape index (κ3) is 4.07. The first-order chi connectivity index (χ1) is 14.5. The fraction of sp³-hybridized carbons (Fsp3) is 0.174. The molecule has 0 atom stereocenters. The molecule has 0 radical (unpaired) electrons. The van der Waals surface area contributed by atoms with E-state index in [0.717, 1.165) is 22.3 Å². The molecule has 0 spiro atoms. The average Bonchev–Trinajstić information content (AvgIpc) is 3.07. The third-order valence-electron chi connectivity index (χ3n) is 5.13. The Labute approximate surface area is 182 Å². The molecule has 1 amide bonds. The summed E-state index contributed by atoms with van der Waals surface area (Å²) in [4.78, 5) is 29.4. The van der Waals surface area contributed by atoms with Crippen LogP contribution in [-0.4, -0.2) is 35.3 Å². The highest BCUT2D eigenvalue weighted by molar-refractivity contribution is 9.10. The molecule has 3 aromatic rings. The molecule has 2 aromatic carbocycles. The maximum atomic E-state index is 12.9. The van der Waals surface area contributed by atoms with E-state index < -0.39 is 12.1 Å². The minimum atomic E-state index is -0.989. The molecule has 0 fully saturated rings. The molecule has 0 bridgehead atoms. The van der Waals surface area contributed by atoms with Crippen LogP contribution >= 0.6 is 15.9 Å². The largest absolute Gasteiger partial charge is 0.481 e. The molecule has 152 valence electrons. The van der Waals surface area contributed by atoms with E-state index in [1.54, 1.807) is 12.1 Å². The Kier molecular flexibility index (Phi) is 5.81. The normalized spacial score (nSPS) is 12.2. The zero-order chi connectivity index (χ0) is 21.1. The van der Waals surface area contributed by atoms with Gasteiger partial charge in [0.1, 0.15) is 11.2 Å². The molecule has 0 saturated carbocycles. The highest BCUT2D eigenvalue weighted by Crippen LogP contribution is 2.44. The lowest BCUT2D eigenvalue weighted by molar-refractivity contribution is -0.136. The van der Waals surface area contributed by atoms with Gasteiger partial charge in [-0.2, -0.15) is 0 Å². The van der Waals surface area contributed by atoms with Gasteiger partial charge in [-0.15, -0.1) is 0 Å². The van der Waals surface area contributed by atoms with E-state index in [9.17, 15) is 9.59 Å². The maximum Gasteiger partial charge on any atom is 0.414 e. The van der Waals surface area contributed by atoms with Crippen LogP contribution in [0.2, 0.25) is 0 Å². The second-order valence-corrected chi connectivity index (χ2v) is 7.75. The lowest BCUT2D eigenvalue weighted by Crippen LogP contribution is -2.34. The first kappa shape index (κ1) is 20.1.